The van der Waals surface area contributed by atoms with E-state index in [9.17, 15) is 9.59 Å². The van der Waals surface area contributed by atoms with Crippen LogP contribution < -0.4 is 15.5 Å². The lowest BCUT2D eigenvalue weighted by Gasteiger charge is -2.34. The van der Waals surface area contributed by atoms with Crippen LogP contribution in [0.15, 0.2) is 83.9 Å². The van der Waals surface area contributed by atoms with Crippen LogP contribution in [0.5, 0.6) is 0 Å². The molecule has 0 aromatic heterocycles. The van der Waals surface area contributed by atoms with E-state index in [2.05, 4.69) is 27.5 Å². The Hall–Kier alpha value is -3.97. The number of piperazine rings is 1. The van der Waals surface area contributed by atoms with E-state index in [0.29, 0.717) is 17.0 Å². The average molecular weight is 454 g/mol. The number of para-hydroxylation sites is 1. The maximum atomic E-state index is 13.0. The number of carbonyl (C=O) groups excluding carboxylic acids is 2. The van der Waals surface area contributed by atoms with E-state index >= 15 is 0 Å². The lowest BCUT2D eigenvalue weighted by Crippen LogP contribution is -2.44. The molecule has 7 heteroatoms. The van der Waals surface area contributed by atoms with Gasteiger partial charge in [0.1, 0.15) is 0 Å². The molecule has 172 valence electrons. The largest absolute Gasteiger partial charge is 0.369 e. The van der Waals surface area contributed by atoms with Gasteiger partial charge in [0.2, 0.25) is 6.17 Å². The summed E-state index contributed by atoms with van der Waals surface area (Å²) in [5.41, 5.74) is 4.60. The lowest BCUT2D eigenvalue weighted by molar-refractivity contribution is -0.117. The molecule has 0 aliphatic carbocycles. The first-order valence-electron chi connectivity index (χ1n) is 11.5. The van der Waals surface area contributed by atoms with E-state index in [1.807, 2.05) is 66.7 Å². The number of hydrogen-bond donors (Lipinski definition) is 2. The van der Waals surface area contributed by atoms with Crippen molar-refractivity contribution in [3.05, 3.63) is 95.6 Å². The van der Waals surface area contributed by atoms with Crippen LogP contribution >= 0.6 is 0 Å². The summed E-state index contributed by atoms with van der Waals surface area (Å²) in [6, 6.07) is 24.7. The molecule has 5 rings (SSSR count). The van der Waals surface area contributed by atoms with E-state index in [4.69, 9.17) is 4.99 Å². The second-order valence-electron chi connectivity index (χ2n) is 8.59. The highest BCUT2D eigenvalue weighted by molar-refractivity contribution is 6.20. The molecule has 1 saturated heterocycles. The number of fused-ring (bicyclic) bond motifs is 1. The predicted octanol–water partition coefficient (Wildman–Crippen LogP) is 2.98. The highest BCUT2D eigenvalue weighted by atomic mass is 16.2. The van der Waals surface area contributed by atoms with E-state index in [1.165, 1.54) is 0 Å². The maximum Gasteiger partial charge on any atom is 0.269 e. The average Bonchev–Trinajstić information content (AvgIpc) is 3.01. The molecular formula is C27H27N5O2. The molecular weight excluding hydrogens is 426 g/mol. The van der Waals surface area contributed by atoms with E-state index in [1.54, 1.807) is 12.1 Å². The van der Waals surface area contributed by atoms with Crippen LogP contribution in [0.3, 0.4) is 0 Å². The first kappa shape index (κ1) is 21.9. The standard InChI is InChI=1S/C27H27N5O2/c1-31-15-17-32(18-16-31)21-13-11-20(12-14-21)26(33)30-25-27(34)28-23-10-6-5-9-22(23)24(29-25)19-7-3-2-4-8-19/h2-14,25H,15-18H2,1H3,(H,28,34)(H,30,33). The van der Waals surface area contributed by atoms with Gasteiger partial charge in [-0.1, -0.05) is 48.5 Å². The molecule has 2 aliphatic rings. The zero-order chi connectivity index (χ0) is 23.5. The quantitative estimate of drug-likeness (QED) is 0.637. The Labute approximate surface area is 199 Å². The molecule has 3 aromatic rings. The van der Waals surface area contributed by atoms with Gasteiger partial charge in [-0.15, -0.1) is 0 Å². The number of carbonyl (C=O) groups is 2. The van der Waals surface area contributed by atoms with Crippen molar-refractivity contribution in [1.29, 1.82) is 0 Å². The molecule has 0 saturated carbocycles. The predicted molar refractivity (Wildman–Crippen MR) is 135 cm³/mol. The molecule has 1 unspecified atom stereocenters. The normalized spacial score (nSPS) is 18.4. The molecule has 1 fully saturated rings. The fraction of sp³-hybridized carbons (Fsp3) is 0.222. The van der Waals surface area contributed by atoms with Crippen molar-refractivity contribution in [3.8, 4) is 0 Å². The number of aliphatic imine (C=N–C) groups is 1. The number of benzodiazepines with no additional fused rings is 1. The molecule has 7 nitrogen and oxygen atoms in total. The van der Waals surface area contributed by atoms with Crippen molar-refractivity contribution in [2.24, 2.45) is 4.99 Å². The molecule has 2 heterocycles. The van der Waals surface area contributed by atoms with Crippen molar-refractivity contribution >= 4 is 28.9 Å². The fourth-order valence-corrected chi connectivity index (χ4v) is 4.28. The number of nitrogens with one attached hydrogen (secondary N) is 2. The molecule has 0 spiro atoms. The molecule has 2 aliphatic heterocycles. The van der Waals surface area contributed by atoms with Gasteiger partial charge >= 0.3 is 0 Å². The second-order valence-corrected chi connectivity index (χ2v) is 8.59. The van der Waals surface area contributed by atoms with Gasteiger partial charge in [0.05, 0.1) is 11.4 Å². The number of hydrogen-bond acceptors (Lipinski definition) is 5. The van der Waals surface area contributed by atoms with Gasteiger partial charge in [0.25, 0.3) is 11.8 Å². The first-order chi connectivity index (χ1) is 16.6. The Morgan fingerprint density at radius 2 is 1.59 bits per heavy atom. The highest BCUT2D eigenvalue weighted by Crippen LogP contribution is 2.24. The topological polar surface area (TPSA) is 77.0 Å². The van der Waals surface area contributed by atoms with Crippen LogP contribution in [0, 0.1) is 0 Å². The van der Waals surface area contributed by atoms with Gasteiger partial charge in [0.15, 0.2) is 0 Å². The number of likely N-dealkylation sites (N-methyl/N-ethyl adjacent to an activating group) is 1. The number of amides is 2. The van der Waals surface area contributed by atoms with E-state index < -0.39 is 6.17 Å². The van der Waals surface area contributed by atoms with Gasteiger partial charge in [0, 0.05) is 48.6 Å². The SMILES string of the molecule is CN1CCN(c2ccc(C(=O)NC3N=C(c4ccccc4)c4ccccc4NC3=O)cc2)CC1. The van der Waals surface area contributed by atoms with Gasteiger partial charge in [-0.3, -0.25) is 9.59 Å². The smallest absolute Gasteiger partial charge is 0.269 e. The fourth-order valence-electron chi connectivity index (χ4n) is 4.28. The number of rotatable bonds is 4. The summed E-state index contributed by atoms with van der Waals surface area (Å²) in [6.45, 7) is 3.95. The molecule has 2 N–H and O–H groups in total. The Morgan fingerprint density at radius 1 is 0.912 bits per heavy atom. The zero-order valence-electron chi connectivity index (χ0n) is 19.1. The summed E-state index contributed by atoms with van der Waals surface area (Å²) in [5.74, 6) is -0.715. The van der Waals surface area contributed by atoms with Crippen LogP contribution in [0.25, 0.3) is 0 Å². The van der Waals surface area contributed by atoms with Crippen LogP contribution in [-0.4, -0.2) is 61.8 Å². The molecule has 3 aromatic carbocycles. The molecule has 34 heavy (non-hydrogen) atoms. The van der Waals surface area contributed by atoms with Crippen LogP contribution in [-0.2, 0) is 4.79 Å². The Morgan fingerprint density at radius 3 is 2.32 bits per heavy atom. The van der Waals surface area contributed by atoms with E-state index in [0.717, 1.165) is 43.0 Å². The monoisotopic (exact) mass is 453 g/mol. The third kappa shape index (κ3) is 4.56. The summed E-state index contributed by atoms with van der Waals surface area (Å²) in [4.78, 5) is 35.3. The summed E-state index contributed by atoms with van der Waals surface area (Å²) in [6.07, 6.45) is -1.05. The Bertz CT molecular complexity index is 1220. The summed E-state index contributed by atoms with van der Waals surface area (Å²) in [5, 5.41) is 5.71. The van der Waals surface area contributed by atoms with Crippen molar-refractivity contribution in [1.82, 2.24) is 10.2 Å². The number of anilines is 2. The van der Waals surface area contributed by atoms with Gasteiger partial charge in [-0.05, 0) is 37.4 Å². The van der Waals surface area contributed by atoms with Gasteiger partial charge in [-0.2, -0.15) is 0 Å². The summed E-state index contributed by atoms with van der Waals surface area (Å²) < 4.78 is 0. The van der Waals surface area contributed by atoms with Crippen molar-refractivity contribution < 1.29 is 9.59 Å². The molecule has 0 radical (unpaired) electrons. The first-order valence-corrected chi connectivity index (χ1v) is 11.5. The Balaban J connectivity index is 1.38. The molecule has 0 bridgehead atoms. The van der Waals surface area contributed by atoms with E-state index in [-0.39, 0.29) is 11.8 Å². The van der Waals surface area contributed by atoms with Crippen LogP contribution in [0.4, 0.5) is 11.4 Å². The van der Waals surface area contributed by atoms with Crippen molar-refractivity contribution in [3.63, 3.8) is 0 Å². The van der Waals surface area contributed by atoms with Crippen molar-refractivity contribution in [2.45, 2.75) is 6.17 Å². The lowest BCUT2D eigenvalue weighted by atomic mass is 10.0. The van der Waals surface area contributed by atoms with Gasteiger partial charge < -0.3 is 20.4 Å². The maximum absolute atomic E-state index is 13.0. The third-order valence-electron chi connectivity index (χ3n) is 6.26. The van der Waals surface area contributed by atoms with Crippen molar-refractivity contribution in [2.75, 3.05) is 43.4 Å². The van der Waals surface area contributed by atoms with Crippen LogP contribution in [0.1, 0.15) is 21.5 Å². The van der Waals surface area contributed by atoms with Gasteiger partial charge in [-0.25, -0.2) is 4.99 Å². The number of benzene rings is 3. The molecule has 1 atom stereocenters. The minimum Gasteiger partial charge on any atom is -0.369 e. The third-order valence-corrected chi connectivity index (χ3v) is 6.26. The summed E-state index contributed by atoms with van der Waals surface area (Å²) >= 11 is 0. The highest BCUT2D eigenvalue weighted by Gasteiger charge is 2.27. The number of nitrogens with zero attached hydrogens (tertiary/aromatic N) is 3. The van der Waals surface area contributed by atoms with Crippen LogP contribution in [0.2, 0.25) is 0 Å². The minimum atomic E-state index is -1.05. The molecule has 2 amide bonds. The minimum absolute atomic E-state index is 0.341. The second kappa shape index (κ2) is 9.49. The Kier molecular flexibility index (Phi) is 6.10. The summed E-state index contributed by atoms with van der Waals surface area (Å²) in [7, 11) is 2.12. The zero-order valence-corrected chi connectivity index (χ0v) is 19.1.